The number of hydrogen-bond acceptors (Lipinski definition) is 6. The summed E-state index contributed by atoms with van der Waals surface area (Å²) in [5.41, 5.74) is 1.89. The molecule has 0 saturated heterocycles. The number of aromatic nitrogens is 4. The predicted octanol–water partition coefficient (Wildman–Crippen LogP) is 5.94. The number of thioether (sulfide) groups is 1. The summed E-state index contributed by atoms with van der Waals surface area (Å²) in [6, 6.07) is 11.7. The van der Waals surface area contributed by atoms with E-state index >= 15 is 0 Å². The number of hydrogen-bond donors (Lipinski definition) is 0. The molecule has 0 spiro atoms. The summed E-state index contributed by atoms with van der Waals surface area (Å²) in [6.07, 6.45) is 0. The molecule has 4 rings (SSSR count). The highest BCUT2D eigenvalue weighted by molar-refractivity contribution is 7.98. The van der Waals surface area contributed by atoms with Gasteiger partial charge in [0.25, 0.3) is 0 Å². The van der Waals surface area contributed by atoms with Gasteiger partial charge in [0.1, 0.15) is 5.76 Å². The molecule has 0 fully saturated rings. The third-order valence-corrected chi connectivity index (χ3v) is 6.15. The molecule has 0 aliphatic carbocycles. The van der Waals surface area contributed by atoms with Crippen LogP contribution < -0.4 is 0 Å². The van der Waals surface area contributed by atoms with Crippen molar-refractivity contribution in [1.82, 2.24) is 19.7 Å². The van der Waals surface area contributed by atoms with Gasteiger partial charge in [-0.15, -0.1) is 21.5 Å². The Labute approximate surface area is 170 Å². The van der Waals surface area contributed by atoms with Gasteiger partial charge in [-0.2, -0.15) is 0 Å². The molecule has 5 nitrogen and oxygen atoms in total. The summed E-state index contributed by atoms with van der Waals surface area (Å²) in [7, 11) is 0. The van der Waals surface area contributed by atoms with Crippen LogP contribution >= 0.6 is 34.7 Å². The van der Waals surface area contributed by atoms with Crippen molar-refractivity contribution in [2.45, 2.75) is 31.3 Å². The van der Waals surface area contributed by atoms with Crippen LogP contribution in [0, 0.1) is 6.92 Å². The monoisotopic (exact) mass is 416 g/mol. The Balaban J connectivity index is 1.56. The predicted molar refractivity (Wildman–Crippen MR) is 110 cm³/mol. The van der Waals surface area contributed by atoms with Gasteiger partial charge < -0.3 is 8.98 Å². The van der Waals surface area contributed by atoms with Crippen molar-refractivity contribution in [2.75, 3.05) is 0 Å². The minimum absolute atomic E-state index is 0.675. The number of aryl methyl sites for hydroxylation is 1. The molecule has 0 aliphatic heterocycles. The van der Waals surface area contributed by atoms with E-state index in [9.17, 15) is 0 Å². The quantitative estimate of drug-likeness (QED) is 0.364. The van der Waals surface area contributed by atoms with Crippen LogP contribution in [0.3, 0.4) is 0 Å². The number of rotatable bonds is 6. The summed E-state index contributed by atoms with van der Waals surface area (Å²) in [5, 5.41) is 12.3. The molecule has 0 radical (unpaired) electrons. The molecule has 0 amide bonds. The molecule has 27 heavy (non-hydrogen) atoms. The highest BCUT2D eigenvalue weighted by atomic mass is 35.5. The second-order valence-corrected chi connectivity index (χ2v) is 8.18. The lowest BCUT2D eigenvalue weighted by Gasteiger charge is -2.07. The van der Waals surface area contributed by atoms with E-state index in [2.05, 4.69) is 26.7 Å². The van der Waals surface area contributed by atoms with E-state index in [4.69, 9.17) is 16.0 Å². The van der Waals surface area contributed by atoms with Gasteiger partial charge in [0, 0.05) is 22.9 Å². The molecule has 1 aromatic carbocycles. The minimum atomic E-state index is 0.675. The number of thiophene rings is 1. The number of halogens is 1. The van der Waals surface area contributed by atoms with E-state index in [1.54, 1.807) is 23.1 Å². The maximum Gasteiger partial charge on any atom is 0.236 e. The minimum Gasteiger partial charge on any atom is -0.440 e. The Kier molecular flexibility index (Phi) is 5.33. The fraction of sp³-hybridized carbons (Fsp3) is 0.211. The Morgan fingerprint density at radius 1 is 1.22 bits per heavy atom. The Hall–Kier alpha value is -2.09. The normalized spacial score (nSPS) is 11.2. The Morgan fingerprint density at radius 3 is 2.85 bits per heavy atom. The van der Waals surface area contributed by atoms with Crippen molar-refractivity contribution in [3.05, 3.63) is 58.3 Å². The molecule has 3 aromatic heterocycles. The second kappa shape index (κ2) is 7.88. The van der Waals surface area contributed by atoms with Crippen LogP contribution in [0.4, 0.5) is 0 Å². The SMILES string of the molecule is CCn1c(SCc2nc(-c3cccs3)oc2C)nnc1-c1cccc(Cl)c1. The summed E-state index contributed by atoms with van der Waals surface area (Å²) < 4.78 is 7.91. The summed E-state index contributed by atoms with van der Waals surface area (Å²) in [4.78, 5) is 5.68. The molecule has 0 unspecified atom stereocenters. The van der Waals surface area contributed by atoms with Crippen molar-refractivity contribution in [2.24, 2.45) is 0 Å². The second-order valence-electron chi connectivity index (χ2n) is 5.85. The Bertz CT molecular complexity index is 1060. The molecule has 0 bridgehead atoms. The average molecular weight is 417 g/mol. The first-order valence-electron chi connectivity index (χ1n) is 8.48. The van der Waals surface area contributed by atoms with Crippen molar-refractivity contribution in [3.63, 3.8) is 0 Å². The summed E-state index contributed by atoms with van der Waals surface area (Å²) >= 11 is 9.35. The van der Waals surface area contributed by atoms with E-state index in [0.29, 0.717) is 16.7 Å². The van der Waals surface area contributed by atoms with Crippen LogP contribution in [-0.4, -0.2) is 19.7 Å². The first-order valence-corrected chi connectivity index (χ1v) is 10.7. The largest absolute Gasteiger partial charge is 0.440 e. The lowest BCUT2D eigenvalue weighted by molar-refractivity contribution is 0.542. The van der Waals surface area contributed by atoms with Gasteiger partial charge in [-0.25, -0.2) is 4.98 Å². The lowest BCUT2D eigenvalue weighted by atomic mass is 10.2. The zero-order chi connectivity index (χ0) is 18.8. The molecule has 8 heteroatoms. The molecule has 0 N–H and O–H groups in total. The maximum atomic E-state index is 6.12. The molecule has 0 saturated carbocycles. The third-order valence-electron chi connectivity index (χ3n) is 4.08. The van der Waals surface area contributed by atoms with E-state index in [0.717, 1.165) is 39.4 Å². The topological polar surface area (TPSA) is 56.7 Å². The van der Waals surface area contributed by atoms with Crippen LogP contribution in [0.25, 0.3) is 22.2 Å². The molecule has 0 atom stereocenters. The van der Waals surface area contributed by atoms with Crippen LogP contribution in [0.1, 0.15) is 18.4 Å². The highest BCUT2D eigenvalue weighted by Crippen LogP contribution is 2.31. The molecule has 0 aliphatic rings. The van der Waals surface area contributed by atoms with Crippen molar-refractivity contribution < 1.29 is 4.42 Å². The van der Waals surface area contributed by atoms with Crippen LogP contribution in [0.5, 0.6) is 0 Å². The van der Waals surface area contributed by atoms with E-state index in [1.807, 2.05) is 48.7 Å². The summed E-state index contributed by atoms with van der Waals surface area (Å²) in [5.74, 6) is 3.01. The number of nitrogens with zero attached hydrogens (tertiary/aromatic N) is 4. The summed E-state index contributed by atoms with van der Waals surface area (Å²) in [6.45, 7) is 4.80. The van der Waals surface area contributed by atoms with E-state index < -0.39 is 0 Å². The van der Waals surface area contributed by atoms with Crippen LogP contribution in [0.15, 0.2) is 51.4 Å². The van der Waals surface area contributed by atoms with Crippen molar-refractivity contribution in [3.8, 4) is 22.2 Å². The highest BCUT2D eigenvalue weighted by Gasteiger charge is 2.17. The van der Waals surface area contributed by atoms with Crippen LogP contribution in [0.2, 0.25) is 5.02 Å². The van der Waals surface area contributed by atoms with Gasteiger partial charge in [-0.3, -0.25) is 0 Å². The van der Waals surface area contributed by atoms with Gasteiger partial charge in [-0.1, -0.05) is 41.6 Å². The Morgan fingerprint density at radius 2 is 2.11 bits per heavy atom. The standard InChI is InChI=1S/C19H17ClN4OS2/c1-3-24-17(13-6-4-7-14(20)10-13)22-23-19(24)27-11-15-12(2)25-18(21-15)16-8-5-9-26-16/h4-10H,3,11H2,1-2H3. The van der Waals surface area contributed by atoms with Crippen LogP contribution in [-0.2, 0) is 12.3 Å². The third kappa shape index (κ3) is 3.81. The average Bonchev–Trinajstić information content (AvgIpc) is 3.39. The van der Waals surface area contributed by atoms with Gasteiger partial charge in [0.2, 0.25) is 5.89 Å². The van der Waals surface area contributed by atoms with Gasteiger partial charge >= 0.3 is 0 Å². The zero-order valence-electron chi connectivity index (χ0n) is 14.8. The van der Waals surface area contributed by atoms with Gasteiger partial charge in [-0.05, 0) is 37.4 Å². The van der Waals surface area contributed by atoms with Crippen molar-refractivity contribution >= 4 is 34.7 Å². The van der Waals surface area contributed by atoms with E-state index in [-0.39, 0.29) is 0 Å². The lowest BCUT2D eigenvalue weighted by Crippen LogP contribution is -2.00. The number of benzene rings is 1. The first-order chi connectivity index (χ1) is 13.2. The molecular weight excluding hydrogens is 400 g/mol. The maximum absolute atomic E-state index is 6.12. The smallest absolute Gasteiger partial charge is 0.236 e. The molecule has 3 heterocycles. The number of oxazole rings is 1. The first kappa shape index (κ1) is 18.3. The van der Waals surface area contributed by atoms with Gasteiger partial charge in [0.15, 0.2) is 11.0 Å². The van der Waals surface area contributed by atoms with Gasteiger partial charge in [0.05, 0.1) is 10.6 Å². The molecule has 138 valence electrons. The fourth-order valence-corrected chi connectivity index (χ4v) is 4.57. The van der Waals surface area contributed by atoms with Crippen molar-refractivity contribution in [1.29, 1.82) is 0 Å². The zero-order valence-corrected chi connectivity index (χ0v) is 17.2. The molecule has 4 aromatic rings. The fourth-order valence-electron chi connectivity index (χ4n) is 2.72. The van der Waals surface area contributed by atoms with E-state index in [1.165, 1.54) is 0 Å². The molecular formula is C19H17ClN4OS2.